The Hall–Kier alpha value is -2.75. The first-order chi connectivity index (χ1) is 14.4. The lowest BCUT2D eigenvalue weighted by atomic mass is 10.0. The minimum absolute atomic E-state index is 0.0230. The first kappa shape index (κ1) is 22.9. The monoisotopic (exact) mass is 464 g/mol. The summed E-state index contributed by atoms with van der Waals surface area (Å²) in [4.78, 5) is 26.4. The molecule has 3 rings (SSSR count). The van der Waals surface area contributed by atoms with Gasteiger partial charge in [0.2, 0.25) is 5.91 Å². The van der Waals surface area contributed by atoms with Crippen molar-refractivity contribution in [2.24, 2.45) is 0 Å². The first-order valence-corrected chi connectivity index (χ1v) is 9.41. The Morgan fingerprint density at radius 2 is 1.48 bits per heavy atom. The summed E-state index contributed by atoms with van der Waals surface area (Å²) in [7, 11) is 0. The molecule has 166 valence electrons. The summed E-state index contributed by atoms with van der Waals surface area (Å²) in [5.41, 5.74) is -3.58. The number of rotatable bonds is 3. The molecule has 4 nitrogen and oxygen atoms in total. The SMILES string of the molecule is O=C(Nc1ccc(Cl)cc1)C1CCCN1C(=O)c1cc(C(F)(F)F)cc(C(F)(F)F)c1. The number of anilines is 1. The van der Waals surface area contributed by atoms with Crippen molar-refractivity contribution in [1.82, 2.24) is 4.90 Å². The molecule has 2 amide bonds. The van der Waals surface area contributed by atoms with Crippen LogP contribution in [-0.4, -0.2) is 29.3 Å². The second kappa shape index (κ2) is 8.41. The van der Waals surface area contributed by atoms with Crippen LogP contribution in [0, 0.1) is 0 Å². The van der Waals surface area contributed by atoms with E-state index in [9.17, 15) is 35.9 Å². The van der Waals surface area contributed by atoms with Crippen LogP contribution in [-0.2, 0) is 17.1 Å². The van der Waals surface area contributed by atoms with Crippen LogP contribution in [0.3, 0.4) is 0 Å². The Morgan fingerprint density at radius 1 is 0.935 bits per heavy atom. The Morgan fingerprint density at radius 3 is 2.00 bits per heavy atom. The van der Waals surface area contributed by atoms with E-state index in [1.807, 2.05) is 0 Å². The molecular weight excluding hydrogens is 450 g/mol. The number of carbonyl (C=O) groups excluding carboxylic acids is 2. The topological polar surface area (TPSA) is 49.4 Å². The van der Waals surface area contributed by atoms with E-state index in [2.05, 4.69) is 5.32 Å². The molecule has 1 aliphatic heterocycles. The van der Waals surface area contributed by atoms with Crippen molar-refractivity contribution in [3.8, 4) is 0 Å². The first-order valence-electron chi connectivity index (χ1n) is 9.03. The zero-order valence-electron chi connectivity index (χ0n) is 15.6. The van der Waals surface area contributed by atoms with Gasteiger partial charge in [-0.15, -0.1) is 0 Å². The highest BCUT2D eigenvalue weighted by atomic mass is 35.5. The van der Waals surface area contributed by atoms with E-state index < -0.39 is 46.9 Å². The zero-order chi connectivity index (χ0) is 23.0. The van der Waals surface area contributed by atoms with E-state index in [0.29, 0.717) is 29.3 Å². The summed E-state index contributed by atoms with van der Waals surface area (Å²) in [5.74, 6) is -1.68. The van der Waals surface area contributed by atoms with Gasteiger partial charge in [-0.3, -0.25) is 9.59 Å². The number of likely N-dealkylation sites (tertiary alicyclic amines) is 1. The van der Waals surface area contributed by atoms with Crippen LogP contribution >= 0.6 is 11.6 Å². The molecule has 0 aliphatic carbocycles. The van der Waals surface area contributed by atoms with Gasteiger partial charge in [-0.1, -0.05) is 11.6 Å². The summed E-state index contributed by atoms with van der Waals surface area (Å²) in [5, 5.41) is 3.00. The van der Waals surface area contributed by atoms with Crippen LogP contribution in [0.2, 0.25) is 5.02 Å². The van der Waals surface area contributed by atoms with Gasteiger partial charge in [0.05, 0.1) is 11.1 Å². The summed E-state index contributed by atoms with van der Waals surface area (Å²) >= 11 is 5.77. The molecule has 11 heteroatoms. The number of hydrogen-bond donors (Lipinski definition) is 1. The fourth-order valence-corrected chi connectivity index (χ4v) is 3.41. The molecule has 1 aliphatic rings. The van der Waals surface area contributed by atoms with Crippen LogP contribution in [0.5, 0.6) is 0 Å². The van der Waals surface area contributed by atoms with Crippen LogP contribution in [0.25, 0.3) is 0 Å². The fourth-order valence-electron chi connectivity index (χ4n) is 3.29. The third kappa shape index (κ3) is 5.30. The van der Waals surface area contributed by atoms with Gasteiger partial charge >= 0.3 is 12.4 Å². The predicted molar refractivity (Wildman–Crippen MR) is 101 cm³/mol. The maximum atomic E-state index is 13.1. The molecule has 1 saturated heterocycles. The average Bonchev–Trinajstić information content (AvgIpc) is 3.17. The number of carbonyl (C=O) groups is 2. The van der Waals surface area contributed by atoms with E-state index in [-0.39, 0.29) is 19.0 Å². The molecule has 0 saturated carbocycles. The van der Waals surface area contributed by atoms with Crippen molar-refractivity contribution in [1.29, 1.82) is 0 Å². The van der Waals surface area contributed by atoms with Crippen molar-refractivity contribution in [3.05, 3.63) is 64.2 Å². The summed E-state index contributed by atoms with van der Waals surface area (Å²) in [6.07, 6.45) is -9.56. The van der Waals surface area contributed by atoms with E-state index in [0.717, 1.165) is 4.90 Å². The number of benzene rings is 2. The molecule has 1 atom stereocenters. The van der Waals surface area contributed by atoms with Gasteiger partial charge in [0.1, 0.15) is 6.04 Å². The Kier molecular flexibility index (Phi) is 6.22. The molecule has 31 heavy (non-hydrogen) atoms. The minimum atomic E-state index is -5.08. The van der Waals surface area contributed by atoms with E-state index in [1.54, 1.807) is 0 Å². The number of nitrogens with one attached hydrogen (secondary N) is 1. The highest BCUT2D eigenvalue weighted by Crippen LogP contribution is 2.37. The molecule has 2 aromatic rings. The van der Waals surface area contributed by atoms with Gasteiger partial charge in [-0.05, 0) is 55.3 Å². The predicted octanol–water partition coefficient (Wildman–Crippen LogP) is 5.62. The van der Waals surface area contributed by atoms with E-state index >= 15 is 0 Å². The molecule has 0 spiro atoms. The Labute approximate surface area is 177 Å². The molecule has 2 aromatic carbocycles. The van der Waals surface area contributed by atoms with Gasteiger partial charge in [0.15, 0.2) is 0 Å². The van der Waals surface area contributed by atoms with Gasteiger partial charge in [0.25, 0.3) is 5.91 Å². The maximum Gasteiger partial charge on any atom is 0.416 e. The van der Waals surface area contributed by atoms with Crippen molar-refractivity contribution in [2.45, 2.75) is 31.2 Å². The average molecular weight is 465 g/mol. The molecule has 1 fully saturated rings. The van der Waals surface area contributed by atoms with Crippen LogP contribution < -0.4 is 5.32 Å². The number of halogens is 7. The van der Waals surface area contributed by atoms with Crippen molar-refractivity contribution < 1.29 is 35.9 Å². The molecule has 1 N–H and O–H groups in total. The van der Waals surface area contributed by atoms with Crippen LogP contribution in [0.15, 0.2) is 42.5 Å². The standard InChI is InChI=1S/C20H15ClF6N2O2/c21-14-3-5-15(6-4-14)28-17(30)16-2-1-7-29(16)18(31)11-8-12(19(22,23)24)10-13(9-11)20(25,26)27/h3-6,8-10,16H,1-2,7H2,(H,28,30). The second-order valence-corrected chi connectivity index (χ2v) is 7.38. The van der Waals surface area contributed by atoms with Crippen molar-refractivity contribution in [2.75, 3.05) is 11.9 Å². The van der Waals surface area contributed by atoms with Crippen molar-refractivity contribution >= 4 is 29.1 Å². The normalized spacial score (nSPS) is 17.0. The number of nitrogens with zero attached hydrogens (tertiary/aromatic N) is 1. The van der Waals surface area contributed by atoms with Crippen LogP contribution in [0.1, 0.15) is 34.3 Å². The molecule has 1 unspecified atom stereocenters. The van der Waals surface area contributed by atoms with E-state index in [4.69, 9.17) is 11.6 Å². The fraction of sp³-hybridized carbons (Fsp3) is 0.300. The number of alkyl halides is 6. The third-order valence-corrected chi connectivity index (χ3v) is 5.01. The van der Waals surface area contributed by atoms with Gasteiger partial charge in [0, 0.05) is 22.8 Å². The lowest BCUT2D eigenvalue weighted by Crippen LogP contribution is -2.43. The summed E-state index contributed by atoms with van der Waals surface area (Å²) in [6, 6.07) is 5.73. The highest BCUT2D eigenvalue weighted by Gasteiger charge is 2.40. The molecule has 0 bridgehead atoms. The maximum absolute atomic E-state index is 13.1. The minimum Gasteiger partial charge on any atom is -0.327 e. The lowest BCUT2D eigenvalue weighted by molar-refractivity contribution is -0.143. The molecule has 0 aromatic heterocycles. The smallest absolute Gasteiger partial charge is 0.327 e. The molecule has 1 heterocycles. The van der Waals surface area contributed by atoms with Gasteiger partial charge in [-0.25, -0.2) is 0 Å². The molecule has 0 radical (unpaired) electrons. The zero-order valence-corrected chi connectivity index (χ0v) is 16.4. The molecular formula is C20H15ClF6N2O2. The number of hydrogen-bond acceptors (Lipinski definition) is 2. The summed E-state index contributed by atoms with van der Waals surface area (Å²) in [6.45, 7) is 0.0230. The Bertz CT molecular complexity index is 956. The summed E-state index contributed by atoms with van der Waals surface area (Å²) < 4.78 is 78.5. The lowest BCUT2D eigenvalue weighted by Gasteiger charge is -2.25. The second-order valence-electron chi connectivity index (χ2n) is 6.95. The number of amides is 2. The van der Waals surface area contributed by atoms with Crippen molar-refractivity contribution in [3.63, 3.8) is 0 Å². The largest absolute Gasteiger partial charge is 0.416 e. The van der Waals surface area contributed by atoms with Crippen LogP contribution in [0.4, 0.5) is 32.0 Å². The van der Waals surface area contributed by atoms with Gasteiger partial charge in [-0.2, -0.15) is 26.3 Å². The van der Waals surface area contributed by atoms with E-state index in [1.165, 1.54) is 24.3 Å². The third-order valence-electron chi connectivity index (χ3n) is 4.76. The highest BCUT2D eigenvalue weighted by molar-refractivity contribution is 6.30. The van der Waals surface area contributed by atoms with Gasteiger partial charge < -0.3 is 10.2 Å². The Balaban J connectivity index is 1.88. The quantitative estimate of drug-likeness (QED) is 0.599.